The van der Waals surface area contributed by atoms with Gasteiger partial charge >= 0.3 is 0 Å². The van der Waals surface area contributed by atoms with E-state index in [9.17, 15) is 10.5 Å². The quantitative estimate of drug-likeness (QED) is 0.115. The van der Waals surface area contributed by atoms with Crippen LogP contribution in [0.4, 0.5) is 22.7 Å². The van der Waals surface area contributed by atoms with Gasteiger partial charge in [0.2, 0.25) is 0 Å². The van der Waals surface area contributed by atoms with E-state index in [2.05, 4.69) is 58.4 Å². The van der Waals surface area contributed by atoms with Crippen molar-refractivity contribution in [3.8, 4) is 23.6 Å². The average Bonchev–Trinajstić information content (AvgIpc) is 3.32. The molecule has 288 valence electrons. The Kier molecular flexibility index (Phi) is 11.5. The van der Waals surface area contributed by atoms with Crippen molar-refractivity contribution in [2.75, 3.05) is 24.0 Å². The fourth-order valence-corrected chi connectivity index (χ4v) is 7.48. The summed E-state index contributed by atoms with van der Waals surface area (Å²) in [4.78, 5) is 4.31. The van der Waals surface area contributed by atoms with Crippen molar-refractivity contribution in [2.24, 2.45) is 0 Å². The molecule has 0 amide bonds. The molecule has 0 aliphatic heterocycles. The van der Waals surface area contributed by atoms with Crippen molar-refractivity contribution < 1.29 is 9.47 Å². The fraction of sp³-hybridized carbons (Fsp3) is 0.0370. The Hall–Kier alpha value is -8.32. The number of anilines is 4. The van der Waals surface area contributed by atoms with Crippen LogP contribution in [0, 0.1) is 22.7 Å². The largest absolute Gasteiger partial charge is 0.497 e. The molecule has 8 rings (SSSR count). The second-order valence-electron chi connectivity index (χ2n) is 13.9. The van der Waals surface area contributed by atoms with Gasteiger partial charge in [-0.2, -0.15) is 10.5 Å². The normalized spacial score (nSPS) is 11.3. The Morgan fingerprint density at radius 3 is 1.03 bits per heavy atom. The average molecular weight is 777 g/mol. The minimum absolute atomic E-state index is 0.454. The number of ether oxygens (including phenoxy) is 2. The van der Waals surface area contributed by atoms with Gasteiger partial charge < -0.3 is 19.3 Å². The van der Waals surface area contributed by atoms with E-state index in [0.29, 0.717) is 21.9 Å². The summed E-state index contributed by atoms with van der Waals surface area (Å²) in [6.07, 6.45) is 4.21. The molecule has 0 unspecified atom stereocenters. The van der Waals surface area contributed by atoms with E-state index in [1.165, 1.54) is 0 Å². The van der Waals surface area contributed by atoms with E-state index < -0.39 is 0 Å². The lowest BCUT2D eigenvalue weighted by molar-refractivity contribution is 0.414. The van der Waals surface area contributed by atoms with Gasteiger partial charge in [0.25, 0.3) is 0 Å². The number of methoxy groups -OCH3 is 2. The van der Waals surface area contributed by atoms with Gasteiger partial charge in [-0.3, -0.25) is 0 Å². The zero-order valence-electron chi connectivity index (χ0n) is 33.2. The molecule has 6 nitrogen and oxygen atoms in total. The first-order valence-corrected chi connectivity index (χ1v) is 19.5. The Labute approximate surface area is 351 Å². The first-order chi connectivity index (χ1) is 29.6. The van der Waals surface area contributed by atoms with Crippen LogP contribution in [0.3, 0.4) is 0 Å². The molecule has 0 heterocycles. The topological polar surface area (TPSA) is 72.5 Å². The molecule has 0 N–H and O–H groups in total. The summed E-state index contributed by atoms with van der Waals surface area (Å²) in [5, 5.41) is 23.7. The standard InChI is InChI=1S/C54H40N4O2/c1-59-45-27-23-43(24-28-45)57(41-19-11-5-12-20-41)53(35-39-15-7-3-8-16-39)49-33-31-48-47(51(49)37-55)32-34-50(52(48)38-56)54(36-40-17-9-4-10-18-40)58(42-21-13-6-14-22-42)44-25-29-46(60-2)30-26-44/h3-36H,1-2H3. The third-order valence-corrected chi connectivity index (χ3v) is 10.4. The predicted molar refractivity (Wildman–Crippen MR) is 245 cm³/mol. The Morgan fingerprint density at radius 2 is 0.717 bits per heavy atom. The number of rotatable bonds is 12. The third kappa shape index (κ3) is 7.95. The predicted octanol–water partition coefficient (Wildman–Crippen LogP) is 13.3. The molecule has 8 aromatic rings. The summed E-state index contributed by atoms with van der Waals surface area (Å²) in [6, 6.07) is 69.2. The Balaban J connectivity index is 1.37. The number of benzene rings is 8. The van der Waals surface area contributed by atoms with E-state index in [0.717, 1.165) is 67.9 Å². The maximum atomic E-state index is 11.2. The molecule has 0 saturated carbocycles. The van der Waals surface area contributed by atoms with Crippen molar-refractivity contribution in [1.29, 1.82) is 10.5 Å². The van der Waals surface area contributed by atoms with E-state index in [4.69, 9.17) is 9.47 Å². The maximum Gasteiger partial charge on any atom is 0.119 e. The van der Waals surface area contributed by atoms with E-state index in [1.807, 2.05) is 170 Å². The molecule has 0 fully saturated rings. The number of nitriles is 2. The van der Waals surface area contributed by atoms with Crippen LogP contribution in [0.5, 0.6) is 11.5 Å². The lowest BCUT2D eigenvalue weighted by atomic mass is 9.90. The van der Waals surface area contributed by atoms with Crippen molar-refractivity contribution in [3.05, 3.63) is 228 Å². The number of para-hydroxylation sites is 2. The molecular weight excluding hydrogens is 737 g/mol. The van der Waals surface area contributed by atoms with Gasteiger partial charge in [-0.05, 0) is 96.1 Å². The van der Waals surface area contributed by atoms with Gasteiger partial charge in [0.05, 0.1) is 36.7 Å². The fourth-order valence-electron chi connectivity index (χ4n) is 7.48. The van der Waals surface area contributed by atoms with Gasteiger partial charge in [0, 0.05) is 44.6 Å². The van der Waals surface area contributed by atoms with Crippen molar-refractivity contribution >= 4 is 57.1 Å². The highest BCUT2D eigenvalue weighted by Crippen LogP contribution is 2.43. The second kappa shape index (κ2) is 17.9. The zero-order chi connectivity index (χ0) is 41.3. The smallest absolute Gasteiger partial charge is 0.119 e. The third-order valence-electron chi connectivity index (χ3n) is 10.4. The van der Waals surface area contributed by atoms with Gasteiger partial charge in [0.15, 0.2) is 0 Å². The van der Waals surface area contributed by atoms with Crippen LogP contribution >= 0.6 is 0 Å². The molecule has 6 heteroatoms. The summed E-state index contributed by atoms with van der Waals surface area (Å²) in [7, 11) is 3.30. The van der Waals surface area contributed by atoms with Crippen LogP contribution in [-0.4, -0.2) is 14.2 Å². The molecule has 0 aromatic heterocycles. The molecule has 8 aromatic carbocycles. The summed E-state index contributed by atoms with van der Waals surface area (Å²) in [5.41, 5.74) is 9.46. The van der Waals surface area contributed by atoms with Gasteiger partial charge in [0.1, 0.15) is 23.6 Å². The van der Waals surface area contributed by atoms with E-state index in [-0.39, 0.29) is 0 Å². The minimum Gasteiger partial charge on any atom is -0.497 e. The monoisotopic (exact) mass is 776 g/mol. The maximum absolute atomic E-state index is 11.2. The Bertz CT molecular complexity index is 2680. The lowest BCUT2D eigenvalue weighted by Gasteiger charge is -2.30. The minimum atomic E-state index is 0.454. The van der Waals surface area contributed by atoms with Crippen LogP contribution in [-0.2, 0) is 0 Å². The molecule has 0 aliphatic rings. The molecule has 0 aliphatic carbocycles. The Morgan fingerprint density at radius 1 is 0.400 bits per heavy atom. The highest BCUT2D eigenvalue weighted by atomic mass is 16.5. The molecule has 0 saturated heterocycles. The van der Waals surface area contributed by atoms with E-state index >= 15 is 0 Å². The molecule has 0 spiro atoms. The molecule has 0 radical (unpaired) electrons. The van der Waals surface area contributed by atoms with Crippen molar-refractivity contribution in [3.63, 3.8) is 0 Å². The van der Waals surface area contributed by atoms with Crippen LogP contribution in [0.1, 0.15) is 33.4 Å². The number of nitrogens with zero attached hydrogens (tertiary/aromatic N) is 4. The molecule has 60 heavy (non-hydrogen) atoms. The SMILES string of the molecule is COc1ccc(N(C(=Cc2ccccc2)c2ccc3c(C#N)c(C(=Cc4ccccc4)N(c4ccccc4)c4ccc(OC)cc4)ccc3c2C#N)c2ccccc2)cc1. The van der Waals surface area contributed by atoms with Gasteiger partial charge in [-0.1, -0.05) is 121 Å². The number of hydrogen-bond acceptors (Lipinski definition) is 6. The highest BCUT2D eigenvalue weighted by molar-refractivity contribution is 6.06. The summed E-state index contributed by atoms with van der Waals surface area (Å²) in [6.45, 7) is 0. The number of hydrogen-bond donors (Lipinski definition) is 0. The van der Waals surface area contributed by atoms with Gasteiger partial charge in [-0.25, -0.2) is 0 Å². The number of fused-ring (bicyclic) bond motifs is 1. The molecule has 0 bridgehead atoms. The molecule has 0 atom stereocenters. The zero-order valence-corrected chi connectivity index (χ0v) is 33.2. The summed E-state index contributed by atoms with van der Waals surface area (Å²) < 4.78 is 11.0. The first-order valence-electron chi connectivity index (χ1n) is 19.5. The van der Waals surface area contributed by atoms with Crippen LogP contribution in [0.2, 0.25) is 0 Å². The summed E-state index contributed by atoms with van der Waals surface area (Å²) in [5.74, 6) is 1.48. The molecular formula is C54H40N4O2. The summed E-state index contributed by atoms with van der Waals surface area (Å²) >= 11 is 0. The lowest BCUT2D eigenvalue weighted by Crippen LogP contribution is -2.17. The van der Waals surface area contributed by atoms with Gasteiger partial charge in [-0.15, -0.1) is 0 Å². The van der Waals surface area contributed by atoms with Crippen LogP contribution < -0.4 is 19.3 Å². The van der Waals surface area contributed by atoms with E-state index in [1.54, 1.807) is 14.2 Å². The highest BCUT2D eigenvalue weighted by Gasteiger charge is 2.25. The van der Waals surface area contributed by atoms with Crippen molar-refractivity contribution in [2.45, 2.75) is 0 Å². The van der Waals surface area contributed by atoms with Crippen LogP contribution in [0.25, 0.3) is 34.3 Å². The van der Waals surface area contributed by atoms with Crippen LogP contribution in [0.15, 0.2) is 194 Å². The first kappa shape index (κ1) is 38.5. The second-order valence-corrected chi connectivity index (χ2v) is 13.9. The van der Waals surface area contributed by atoms with Crippen molar-refractivity contribution in [1.82, 2.24) is 0 Å².